The standard InChI is InChI=1S/C13H15F3N2O2/c14-13(15,16)9-3-1-2-4-10(9)20-8-5-6-12(18,7-8)11(17)19/h1-4,8H,5-7,18H2,(H2,17,19). The van der Waals surface area contributed by atoms with Gasteiger partial charge in [0, 0.05) is 6.42 Å². The quantitative estimate of drug-likeness (QED) is 0.890. The monoisotopic (exact) mass is 288 g/mol. The first-order valence-electron chi connectivity index (χ1n) is 6.14. The zero-order chi connectivity index (χ0) is 15.0. The molecule has 0 aliphatic heterocycles. The molecular weight excluding hydrogens is 273 g/mol. The summed E-state index contributed by atoms with van der Waals surface area (Å²) >= 11 is 0. The summed E-state index contributed by atoms with van der Waals surface area (Å²) in [5.74, 6) is -0.911. The third-order valence-corrected chi connectivity index (χ3v) is 3.48. The van der Waals surface area contributed by atoms with Crippen LogP contribution in [0.25, 0.3) is 0 Å². The lowest BCUT2D eigenvalue weighted by Gasteiger charge is -2.21. The van der Waals surface area contributed by atoms with Crippen molar-refractivity contribution < 1.29 is 22.7 Å². The van der Waals surface area contributed by atoms with Crippen LogP contribution in [0.15, 0.2) is 24.3 Å². The molecular formula is C13H15F3N2O2. The Morgan fingerprint density at radius 2 is 2.00 bits per heavy atom. The SMILES string of the molecule is NC(=O)C1(N)CCC(Oc2ccccc2C(F)(F)F)C1. The van der Waals surface area contributed by atoms with Crippen LogP contribution in [0.2, 0.25) is 0 Å². The number of benzene rings is 1. The van der Waals surface area contributed by atoms with Crippen molar-refractivity contribution in [3.8, 4) is 5.75 Å². The molecule has 0 aromatic heterocycles. The van der Waals surface area contributed by atoms with Gasteiger partial charge < -0.3 is 16.2 Å². The van der Waals surface area contributed by atoms with Crippen LogP contribution in [0.4, 0.5) is 13.2 Å². The lowest BCUT2D eigenvalue weighted by molar-refractivity contribution is -0.139. The van der Waals surface area contributed by atoms with E-state index in [0.717, 1.165) is 6.07 Å². The maximum absolute atomic E-state index is 12.8. The lowest BCUT2D eigenvalue weighted by Crippen LogP contribution is -2.50. The summed E-state index contributed by atoms with van der Waals surface area (Å²) in [6.45, 7) is 0. The average Bonchev–Trinajstić information content (AvgIpc) is 2.72. The molecule has 20 heavy (non-hydrogen) atoms. The Hall–Kier alpha value is -1.76. The van der Waals surface area contributed by atoms with Gasteiger partial charge in [-0.1, -0.05) is 12.1 Å². The normalized spacial score (nSPS) is 26.5. The molecule has 0 radical (unpaired) electrons. The summed E-state index contributed by atoms with van der Waals surface area (Å²) in [7, 11) is 0. The highest BCUT2D eigenvalue weighted by molar-refractivity contribution is 5.84. The fourth-order valence-corrected chi connectivity index (χ4v) is 2.34. The number of carbonyl (C=O) groups excluding carboxylic acids is 1. The highest BCUT2D eigenvalue weighted by atomic mass is 19.4. The maximum Gasteiger partial charge on any atom is 0.419 e. The van der Waals surface area contributed by atoms with Crippen LogP contribution in [0.5, 0.6) is 5.75 Å². The van der Waals surface area contributed by atoms with E-state index in [1.54, 1.807) is 0 Å². The van der Waals surface area contributed by atoms with E-state index in [4.69, 9.17) is 16.2 Å². The molecule has 7 heteroatoms. The van der Waals surface area contributed by atoms with Crippen molar-refractivity contribution >= 4 is 5.91 Å². The summed E-state index contributed by atoms with van der Waals surface area (Å²) in [6.07, 6.45) is -4.21. The van der Waals surface area contributed by atoms with Crippen LogP contribution in [-0.4, -0.2) is 17.6 Å². The number of hydrogen-bond donors (Lipinski definition) is 2. The Balaban J connectivity index is 2.15. The molecule has 110 valence electrons. The van der Waals surface area contributed by atoms with Gasteiger partial charge >= 0.3 is 6.18 Å². The summed E-state index contributed by atoms with van der Waals surface area (Å²) in [5.41, 5.74) is 8.94. The first kappa shape index (κ1) is 14.6. The number of ether oxygens (including phenoxy) is 1. The largest absolute Gasteiger partial charge is 0.490 e. The van der Waals surface area contributed by atoms with E-state index in [1.807, 2.05) is 0 Å². The molecule has 2 unspecified atom stereocenters. The zero-order valence-corrected chi connectivity index (χ0v) is 10.6. The van der Waals surface area contributed by atoms with Crippen LogP contribution >= 0.6 is 0 Å². The fraction of sp³-hybridized carbons (Fsp3) is 0.462. The van der Waals surface area contributed by atoms with Gasteiger partial charge in [-0.25, -0.2) is 0 Å². The second-order valence-corrected chi connectivity index (χ2v) is 5.00. The summed E-state index contributed by atoms with van der Waals surface area (Å²) in [6, 6.07) is 4.96. The van der Waals surface area contributed by atoms with Gasteiger partial charge in [-0.3, -0.25) is 4.79 Å². The molecule has 1 aliphatic carbocycles. The maximum atomic E-state index is 12.8. The van der Waals surface area contributed by atoms with Crippen molar-refractivity contribution in [1.82, 2.24) is 0 Å². The summed E-state index contributed by atoms with van der Waals surface area (Å²) in [5, 5.41) is 0. The highest BCUT2D eigenvalue weighted by Crippen LogP contribution is 2.38. The Morgan fingerprint density at radius 3 is 2.55 bits per heavy atom. The number of halogens is 3. The number of hydrogen-bond acceptors (Lipinski definition) is 3. The van der Waals surface area contributed by atoms with E-state index >= 15 is 0 Å². The van der Waals surface area contributed by atoms with Crippen LogP contribution in [0, 0.1) is 0 Å². The van der Waals surface area contributed by atoms with Gasteiger partial charge in [-0.2, -0.15) is 13.2 Å². The predicted octanol–water partition coefficient (Wildman–Crippen LogP) is 1.82. The zero-order valence-electron chi connectivity index (χ0n) is 10.6. The first-order valence-corrected chi connectivity index (χ1v) is 6.14. The van der Waals surface area contributed by atoms with Gasteiger partial charge in [0.25, 0.3) is 0 Å². The molecule has 2 atom stereocenters. The Labute approximate surface area is 113 Å². The van der Waals surface area contributed by atoms with Crippen molar-refractivity contribution in [2.24, 2.45) is 11.5 Å². The smallest absolute Gasteiger partial charge is 0.419 e. The van der Waals surface area contributed by atoms with Crippen molar-refractivity contribution in [1.29, 1.82) is 0 Å². The molecule has 1 amide bonds. The number of carbonyl (C=O) groups is 1. The Kier molecular flexibility index (Phi) is 3.64. The van der Waals surface area contributed by atoms with Crippen LogP contribution in [-0.2, 0) is 11.0 Å². The van der Waals surface area contributed by atoms with E-state index in [-0.39, 0.29) is 12.2 Å². The molecule has 0 bridgehead atoms. The summed E-state index contributed by atoms with van der Waals surface area (Å²) in [4.78, 5) is 11.2. The minimum atomic E-state index is -4.49. The number of rotatable bonds is 3. The van der Waals surface area contributed by atoms with Crippen molar-refractivity contribution in [3.63, 3.8) is 0 Å². The number of alkyl halides is 3. The van der Waals surface area contributed by atoms with Gasteiger partial charge in [0.05, 0.1) is 11.1 Å². The Bertz CT molecular complexity index is 519. The minimum Gasteiger partial charge on any atom is -0.490 e. The molecule has 0 spiro atoms. The van der Waals surface area contributed by atoms with E-state index in [0.29, 0.717) is 12.8 Å². The number of nitrogens with two attached hydrogens (primary N) is 2. The lowest BCUT2D eigenvalue weighted by atomic mass is 9.99. The molecule has 1 saturated carbocycles. The second kappa shape index (κ2) is 4.97. The van der Waals surface area contributed by atoms with Crippen molar-refractivity contribution in [2.75, 3.05) is 0 Å². The van der Waals surface area contributed by atoms with Crippen molar-refractivity contribution in [2.45, 2.75) is 37.1 Å². The molecule has 1 fully saturated rings. The summed E-state index contributed by atoms with van der Waals surface area (Å²) < 4.78 is 43.8. The highest BCUT2D eigenvalue weighted by Gasteiger charge is 2.42. The molecule has 1 aromatic rings. The minimum absolute atomic E-state index is 0.120. The number of amides is 1. The molecule has 0 saturated heterocycles. The van der Waals surface area contributed by atoms with Crippen molar-refractivity contribution in [3.05, 3.63) is 29.8 Å². The average molecular weight is 288 g/mol. The topological polar surface area (TPSA) is 78.3 Å². The van der Waals surface area contributed by atoms with E-state index in [2.05, 4.69) is 0 Å². The Morgan fingerprint density at radius 1 is 1.35 bits per heavy atom. The van der Waals surface area contributed by atoms with Crippen LogP contribution in [0.3, 0.4) is 0 Å². The first-order chi connectivity index (χ1) is 9.22. The third-order valence-electron chi connectivity index (χ3n) is 3.48. The van der Waals surface area contributed by atoms with E-state index in [1.165, 1.54) is 18.2 Å². The van der Waals surface area contributed by atoms with E-state index < -0.39 is 29.3 Å². The molecule has 4 N–H and O–H groups in total. The molecule has 1 aromatic carbocycles. The predicted molar refractivity (Wildman–Crippen MR) is 65.8 cm³/mol. The van der Waals surface area contributed by atoms with Gasteiger partial charge in [-0.15, -0.1) is 0 Å². The number of para-hydroxylation sites is 1. The van der Waals surface area contributed by atoms with Gasteiger partial charge in [0.15, 0.2) is 0 Å². The molecule has 2 rings (SSSR count). The van der Waals surface area contributed by atoms with Gasteiger partial charge in [0.1, 0.15) is 11.9 Å². The van der Waals surface area contributed by atoms with Crippen LogP contribution in [0.1, 0.15) is 24.8 Å². The fourth-order valence-electron chi connectivity index (χ4n) is 2.34. The van der Waals surface area contributed by atoms with E-state index in [9.17, 15) is 18.0 Å². The van der Waals surface area contributed by atoms with Gasteiger partial charge in [0.2, 0.25) is 5.91 Å². The molecule has 0 heterocycles. The number of primary amides is 1. The van der Waals surface area contributed by atoms with Gasteiger partial charge in [-0.05, 0) is 25.0 Å². The third kappa shape index (κ3) is 2.87. The molecule has 4 nitrogen and oxygen atoms in total. The molecule has 1 aliphatic rings. The second-order valence-electron chi connectivity index (χ2n) is 5.00. The van der Waals surface area contributed by atoms with Crippen LogP contribution < -0.4 is 16.2 Å².